The number of anilines is 1. The van der Waals surface area contributed by atoms with E-state index in [-0.39, 0.29) is 5.82 Å². The van der Waals surface area contributed by atoms with Gasteiger partial charge in [-0.15, -0.1) is 0 Å². The zero-order chi connectivity index (χ0) is 14.1. The Kier molecular flexibility index (Phi) is 3.79. The molecule has 1 N–H and O–H groups in total. The lowest BCUT2D eigenvalue weighted by Crippen LogP contribution is -2.02. The van der Waals surface area contributed by atoms with Crippen LogP contribution in [0.5, 0.6) is 0 Å². The highest BCUT2D eigenvalue weighted by atomic mass is 79.9. The highest BCUT2D eigenvalue weighted by Crippen LogP contribution is 2.39. The van der Waals surface area contributed by atoms with Gasteiger partial charge in [-0.25, -0.2) is 4.39 Å². The number of hydrogen-bond acceptors (Lipinski definition) is 1. The summed E-state index contributed by atoms with van der Waals surface area (Å²) < 4.78 is 14.1. The van der Waals surface area contributed by atoms with Crippen LogP contribution in [0.15, 0.2) is 40.9 Å². The van der Waals surface area contributed by atoms with Crippen molar-refractivity contribution in [2.75, 3.05) is 5.32 Å². The summed E-state index contributed by atoms with van der Waals surface area (Å²) in [6.07, 6.45) is 2.66. The highest BCUT2D eigenvalue weighted by Gasteiger charge is 2.22. The Labute approximate surface area is 127 Å². The van der Waals surface area contributed by atoms with E-state index in [9.17, 15) is 4.39 Å². The molecule has 0 aliphatic heterocycles. The second kappa shape index (κ2) is 5.57. The molecule has 2 aromatic rings. The Morgan fingerprint density at radius 2 is 1.90 bits per heavy atom. The second-order valence-corrected chi connectivity index (χ2v) is 6.30. The van der Waals surface area contributed by atoms with Gasteiger partial charge in [0, 0.05) is 12.2 Å². The van der Waals surface area contributed by atoms with Crippen LogP contribution in [0, 0.1) is 12.7 Å². The summed E-state index contributed by atoms with van der Waals surface area (Å²) in [6.45, 7) is 2.69. The van der Waals surface area contributed by atoms with Gasteiger partial charge in [0.1, 0.15) is 5.82 Å². The van der Waals surface area contributed by atoms with E-state index >= 15 is 0 Å². The van der Waals surface area contributed by atoms with Crippen molar-refractivity contribution in [3.8, 4) is 0 Å². The van der Waals surface area contributed by atoms with E-state index < -0.39 is 0 Å². The monoisotopic (exact) mass is 333 g/mol. The lowest BCUT2D eigenvalue weighted by molar-refractivity contribution is 0.621. The molecule has 0 saturated heterocycles. The number of hydrogen-bond donors (Lipinski definition) is 1. The van der Waals surface area contributed by atoms with Gasteiger partial charge in [0.15, 0.2) is 0 Å². The smallest absolute Gasteiger partial charge is 0.139 e. The molecule has 0 aromatic heterocycles. The van der Waals surface area contributed by atoms with Crippen molar-refractivity contribution in [3.05, 3.63) is 63.4 Å². The maximum Gasteiger partial charge on any atom is 0.139 e. The van der Waals surface area contributed by atoms with E-state index in [1.54, 1.807) is 6.07 Å². The van der Waals surface area contributed by atoms with Crippen molar-refractivity contribution in [1.82, 2.24) is 0 Å². The SMILES string of the molecule is Cc1cc(Br)c(F)cc1NCc1ccc(C2CC2)cc1. The molecule has 1 saturated carbocycles. The third-order valence-electron chi connectivity index (χ3n) is 3.78. The van der Waals surface area contributed by atoms with Crippen molar-refractivity contribution < 1.29 is 4.39 Å². The van der Waals surface area contributed by atoms with Crippen LogP contribution in [-0.4, -0.2) is 0 Å². The predicted molar refractivity (Wildman–Crippen MR) is 84.6 cm³/mol. The van der Waals surface area contributed by atoms with Gasteiger partial charge in [0.2, 0.25) is 0 Å². The molecule has 0 unspecified atom stereocenters. The largest absolute Gasteiger partial charge is 0.381 e. The molecule has 1 fully saturated rings. The number of nitrogens with one attached hydrogen (secondary N) is 1. The van der Waals surface area contributed by atoms with Gasteiger partial charge >= 0.3 is 0 Å². The summed E-state index contributed by atoms with van der Waals surface area (Å²) in [5, 5.41) is 3.30. The predicted octanol–water partition coefficient (Wildman–Crippen LogP) is 5.39. The molecule has 3 rings (SSSR count). The maximum atomic E-state index is 13.5. The van der Waals surface area contributed by atoms with Crippen LogP contribution in [0.3, 0.4) is 0 Å². The van der Waals surface area contributed by atoms with Gasteiger partial charge in [0.25, 0.3) is 0 Å². The van der Waals surface area contributed by atoms with Crippen molar-refractivity contribution in [1.29, 1.82) is 0 Å². The van der Waals surface area contributed by atoms with E-state index in [2.05, 4.69) is 45.5 Å². The van der Waals surface area contributed by atoms with Gasteiger partial charge in [-0.3, -0.25) is 0 Å². The van der Waals surface area contributed by atoms with Gasteiger partial charge in [-0.1, -0.05) is 24.3 Å². The van der Waals surface area contributed by atoms with E-state index in [1.807, 2.05) is 6.92 Å². The zero-order valence-corrected chi connectivity index (χ0v) is 13.0. The first-order valence-corrected chi connectivity index (χ1v) is 7.71. The third kappa shape index (κ3) is 3.04. The first-order valence-electron chi connectivity index (χ1n) is 6.92. The zero-order valence-electron chi connectivity index (χ0n) is 11.4. The summed E-state index contributed by atoms with van der Waals surface area (Å²) in [4.78, 5) is 0. The van der Waals surface area contributed by atoms with E-state index in [0.29, 0.717) is 11.0 Å². The van der Waals surface area contributed by atoms with Gasteiger partial charge in [-0.05, 0) is 70.4 Å². The molecule has 1 nitrogen and oxygen atoms in total. The number of rotatable bonds is 4. The molecule has 3 heteroatoms. The summed E-state index contributed by atoms with van der Waals surface area (Å²) in [7, 11) is 0. The summed E-state index contributed by atoms with van der Waals surface area (Å²) in [5.74, 6) is 0.557. The second-order valence-electron chi connectivity index (χ2n) is 5.45. The lowest BCUT2D eigenvalue weighted by Gasteiger charge is -2.11. The summed E-state index contributed by atoms with van der Waals surface area (Å²) in [6, 6.07) is 12.1. The van der Waals surface area contributed by atoms with Crippen molar-refractivity contribution in [3.63, 3.8) is 0 Å². The minimum Gasteiger partial charge on any atom is -0.381 e. The Bertz CT molecular complexity index is 618. The summed E-state index contributed by atoms with van der Waals surface area (Å²) >= 11 is 3.20. The maximum absolute atomic E-state index is 13.5. The molecular formula is C17H17BrFN. The highest BCUT2D eigenvalue weighted by molar-refractivity contribution is 9.10. The fourth-order valence-corrected chi connectivity index (χ4v) is 2.82. The fourth-order valence-electron chi connectivity index (χ4n) is 2.36. The van der Waals surface area contributed by atoms with Crippen LogP contribution in [0.25, 0.3) is 0 Å². The Morgan fingerprint density at radius 3 is 2.55 bits per heavy atom. The first-order chi connectivity index (χ1) is 9.63. The van der Waals surface area contributed by atoms with Crippen LogP contribution in [0.4, 0.5) is 10.1 Å². The van der Waals surface area contributed by atoms with E-state index in [0.717, 1.165) is 17.2 Å². The van der Waals surface area contributed by atoms with Gasteiger partial charge in [0.05, 0.1) is 4.47 Å². The molecule has 0 atom stereocenters. The average molecular weight is 334 g/mol. The topological polar surface area (TPSA) is 12.0 Å². The lowest BCUT2D eigenvalue weighted by atomic mass is 10.1. The van der Waals surface area contributed by atoms with Crippen LogP contribution in [0.1, 0.15) is 35.4 Å². The molecule has 0 radical (unpaired) electrons. The van der Waals surface area contributed by atoms with Crippen molar-refractivity contribution >= 4 is 21.6 Å². The standard InChI is InChI=1S/C17H17BrFN/c1-11-8-15(18)16(19)9-17(11)20-10-12-2-4-13(5-3-12)14-6-7-14/h2-5,8-9,14,20H,6-7,10H2,1H3. The molecule has 1 aliphatic carbocycles. The number of halogens is 2. The summed E-state index contributed by atoms with van der Waals surface area (Å²) in [5.41, 5.74) is 4.54. The quantitative estimate of drug-likeness (QED) is 0.791. The molecular weight excluding hydrogens is 317 g/mol. The van der Waals surface area contributed by atoms with E-state index in [4.69, 9.17) is 0 Å². The molecule has 0 amide bonds. The van der Waals surface area contributed by atoms with Gasteiger partial charge < -0.3 is 5.32 Å². The van der Waals surface area contributed by atoms with Crippen LogP contribution in [-0.2, 0) is 6.54 Å². The Morgan fingerprint density at radius 1 is 1.20 bits per heavy atom. The minimum atomic E-state index is -0.234. The van der Waals surface area contributed by atoms with Crippen molar-refractivity contribution in [2.24, 2.45) is 0 Å². The average Bonchev–Trinajstić information content (AvgIpc) is 3.26. The van der Waals surface area contributed by atoms with Crippen LogP contribution in [0.2, 0.25) is 0 Å². The third-order valence-corrected chi connectivity index (χ3v) is 4.39. The van der Waals surface area contributed by atoms with Crippen LogP contribution < -0.4 is 5.32 Å². The number of benzene rings is 2. The molecule has 0 heterocycles. The Balaban J connectivity index is 1.68. The first kappa shape index (κ1) is 13.6. The van der Waals surface area contributed by atoms with Crippen LogP contribution >= 0.6 is 15.9 Å². The minimum absolute atomic E-state index is 0.234. The molecule has 0 bridgehead atoms. The fraction of sp³-hybridized carbons (Fsp3) is 0.294. The molecule has 20 heavy (non-hydrogen) atoms. The molecule has 2 aromatic carbocycles. The van der Waals surface area contributed by atoms with E-state index in [1.165, 1.54) is 30.0 Å². The number of aryl methyl sites for hydroxylation is 1. The molecule has 1 aliphatic rings. The molecule has 0 spiro atoms. The van der Waals surface area contributed by atoms with Gasteiger partial charge in [-0.2, -0.15) is 0 Å². The molecule has 104 valence electrons. The normalized spacial score (nSPS) is 14.3. The van der Waals surface area contributed by atoms with Crippen molar-refractivity contribution in [2.45, 2.75) is 32.2 Å². The Hall–Kier alpha value is -1.35.